The van der Waals surface area contributed by atoms with E-state index in [9.17, 15) is 9.59 Å². The highest BCUT2D eigenvalue weighted by Crippen LogP contribution is 2.15. The predicted octanol–water partition coefficient (Wildman–Crippen LogP) is 2.08. The molecule has 0 amide bonds. The van der Waals surface area contributed by atoms with Crippen LogP contribution in [0.25, 0.3) is 0 Å². The Bertz CT molecular complexity index is 251. The highest BCUT2D eigenvalue weighted by Gasteiger charge is 2.13. The molecule has 0 N–H and O–H groups in total. The van der Waals surface area contributed by atoms with Gasteiger partial charge < -0.3 is 4.79 Å². The van der Waals surface area contributed by atoms with Gasteiger partial charge in [0.05, 0.1) is 5.41 Å². The van der Waals surface area contributed by atoms with Crippen molar-refractivity contribution in [3.8, 4) is 0 Å². The maximum atomic E-state index is 10.6. The van der Waals surface area contributed by atoms with Gasteiger partial charge in [-0.2, -0.15) is 0 Å². The molecule has 0 aliphatic heterocycles. The first-order valence-electron chi connectivity index (χ1n) is 3.99. The van der Waals surface area contributed by atoms with E-state index >= 15 is 0 Å². The van der Waals surface area contributed by atoms with Crippen LogP contribution in [-0.2, 0) is 9.59 Å². The van der Waals surface area contributed by atoms with Gasteiger partial charge in [0, 0.05) is 0 Å². The van der Waals surface area contributed by atoms with Gasteiger partial charge in [-0.1, -0.05) is 24.3 Å². The van der Waals surface area contributed by atoms with Crippen molar-refractivity contribution in [2.24, 2.45) is 5.41 Å². The van der Waals surface area contributed by atoms with Gasteiger partial charge in [0.25, 0.3) is 0 Å². The lowest BCUT2D eigenvalue weighted by atomic mass is 9.92. The summed E-state index contributed by atoms with van der Waals surface area (Å²) in [4.78, 5) is 20.8. The summed E-state index contributed by atoms with van der Waals surface area (Å²) >= 11 is 0. The van der Waals surface area contributed by atoms with E-state index in [1.165, 1.54) is 0 Å². The molecule has 0 saturated heterocycles. The lowest BCUT2D eigenvalue weighted by Crippen LogP contribution is -2.09. The van der Waals surface area contributed by atoms with E-state index in [0.29, 0.717) is 5.57 Å². The zero-order chi connectivity index (χ0) is 10.3. The Morgan fingerprint density at radius 2 is 2.00 bits per heavy atom. The van der Waals surface area contributed by atoms with Crippen molar-refractivity contribution >= 4 is 12.6 Å². The fourth-order valence-electron chi connectivity index (χ4n) is 0.602. The number of allylic oxidation sites excluding steroid dienone is 5. The van der Waals surface area contributed by atoms with Gasteiger partial charge in [0.1, 0.15) is 12.6 Å². The van der Waals surface area contributed by atoms with E-state index < -0.39 is 5.41 Å². The Kier molecular flexibility index (Phi) is 4.67. The number of carbonyl (C=O) groups excluding carboxylic acids is 2. The van der Waals surface area contributed by atoms with E-state index in [1.807, 2.05) is 0 Å². The zero-order valence-corrected chi connectivity index (χ0v) is 7.99. The first-order chi connectivity index (χ1) is 6.08. The quantitative estimate of drug-likeness (QED) is 0.279. The molecule has 0 aromatic rings. The predicted molar refractivity (Wildman–Crippen MR) is 53.3 cm³/mol. The number of aldehydes is 2. The molecule has 2 nitrogen and oxygen atoms in total. The van der Waals surface area contributed by atoms with Gasteiger partial charge in [0.15, 0.2) is 0 Å². The van der Waals surface area contributed by atoms with Crippen molar-refractivity contribution in [2.45, 2.75) is 13.8 Å². The topological polar surface area (TPSA) is 34.1 Å². The molecule has 0 aliphatic carbocycles. The molecule has 0 aliphatic rings. The number of rotatable bonds is 5. The van der Waals surface area contributed by atoms with Gasteiger partial charge in [-0.05, 0) is 19.4 Å². The minimum atomic E-state index is -0.639. The highest BCUT2D eigenvalue weighted by molar-refractivity contribution is 5.73. The lowest BCUT2D eigenvalue weighted by Gasteiger charge is -2.10. The molecular weight excluding hydrogens is 164 g/mol. The Morgan fingerprint density at radius 1 is 1.38 bits per heavy atom. The summed E-state index contributed by atoms with van der Waals surface area (Å²) in [6, 6.07) is 0. The second-order valence-electron chi connectivity index (χ2n) is 3.08. The van der Waals surface area contributed by atoms with E-state index in [4.69, 9.17) is 0 Å². The zero-order valence-electron chi connectivity index (χ0n) is 7.99. The summed E-state index contributed by atoms with van der Waals surface area (Å²) in [5.74, 6) is 0. The average Bonchev–Trinajstić information content (AvgIpc) is 2.17. The fraction of sp³-hybridized carbons (Fsp3) is 0.273. The number of hydrogen-bond acceptors (Lipinski definition) is 2. The van der Waals surface area contributed by atoms with Crippen LogP contribution in [0.2, 0.25) is 0 Å². The lowest BCUT2D eigenvalue weighted by molar-refractivity contribution is -0.111. The molecular formula is C11H14O2. The smallest absolute Gasteiger partial charge is 0.145 e. The second kappa shape index (κ2) is 5.25. The minimum absolute atomic E-state index is 0.619. The van der Waals surface area contributed by atoms with Gasteiger partial charge in [-0.25, -0.2) is 0 Å². The Balaban J connectivity index is 4.50. The Hall–Kier alpha value is -1.44. The van der Waals surface area contributed by atoms with E-state index in [2.05, 4.69) is 6.58 Å². The van der Waals surface area contributed by atoms with Crippen LogP contribution >= 0.6 is 0 Å². The minimum Gasteiger partial charge on any atom is -0.302 e. The van der Waals surface area contributed by atoms with Crippen molar-refractivity contribution in [3.63, 3.8) is 0 Å². The maximum Gasteiger partial charge on any atom is 0.145 e. The third kappa shape index (κ3) is 4.21. The molecule has 0 bridgehead atoms. The van der Waals surface area contributed by atoms with Gasteiger partial charge in [-0.3, -0.25) is 4.79 Å². The highest BCUT2D eigenvalue weighted by atomic mass is 16.1. The molecule has 0 fully saturated rings. The van der Waals surface area contributed by atoms with Crippen molar-refractivity contribution < 1.29 is 9.59 Å². The van der Waals surface area contributed by atoms with Crippen molar-refractivity contribution in [3.05, 3.63) is 36.5 Å². The number of hydrogen-bond donors (Lipinski definition) is 0. The largest absolute Gasteiger partial charge is 0.302 e. The Labute approximate surface area is 78.6 Å². The summed E-state index contributed by atoms with van der Waals surface area (Å²) in [5.41, 5.74) is -0.0202. The summed E-state index contributed by atoms with van der Waals surface area (Å²) < 4.78 is 0. The molecule has 70 valence electrons. The van der Waals surface area contributed by atoms with Crippen LogP contribution in [0.4, 0.5) is 0 Å². The van der Waals surface area contributed by atoms with E-state index in [-0.39, 0.29) is 0 Å². The fourth-order valence-corrected chi connectivity index (χ4v) is 0.602. The summed E-state index contributed by atoms with van der Waals surface area (Å²) in [7, 11) is 0. The number of carbonyl (C=O) groups is 2. The SMILES string of the molecule is C=CC(C)(C=O)C=CC=C(C)C=O. The van der Waals surface area contributed by atoms with E-state index in [0.717, 1.165) is 12.6 Å². The van der Waals surface area contributed by atoms with Crippen LogP contribution in [-0.4, -0.2) is 12.6 Å². The molecule has 0 aromatic heterocycles. The molecule has 0 saturated carbocycles. The first-order valence-corrected chi connectivity index (χ1v) is 3.99. The molecule has 0 aromatic carbocycles. The van der Waals surface area contributed by atoms with Crippen molar-refractivity contribution in [1.29, 1.82) is 0 Å². The third-order valence-electron chi connectivity index (χ3n) is 1.69. The van der Waals surface area contributed by atoms with Crippen LogP contribution in [0.1, 0.15) is 13.8 Å². The monoisotopic (exact) mass is 178 g/mol. The van der Waals surface area contributed by atoms with Gasteiger partial charge >= 0.3 is 0 Å². The maximum absolute atomic E-state index is 10.6. The molecule has 1 unspecified atom stereocenters. The van der Waals surface area contributed by atoms with Crippen molar-refractivity contribution in [2.75, 3.05) is 0 Å². The van der Waals surface area contributed by atoms with Gasteiger partial charge in [0.2, 0.25) is 0 Å². The molecule has 0 rings (SSSR count). The summed E-state index contributed by atoms with van der Waals surface area (Å²) in [6.07, 6.45) is 8.15. The van der Waals surface area contributed by atoms with E-state index in [1.54, 1.807) is 38.2 Å². The molecule has 0 radical (unpaired) electrons. The van der Waals surface area contributed by atoms with Crippen LogP contribution in [0.3, 0.4) is 0 Å². The van der Waals surface area contributed by atoms with Crippen LogP contribution in [0, 0.1) is 5.41 Å². The van der Waals surface area contributed by atoms with Crippen LogP contribution in [0.5, 0.6) is 0 Å². The first kappa shape index (κ1) is 11.6. The standard InChI is InChI=1S/C11H14O2/c1-4-11(3,9-13)7-5-6-10(2)8-12/h4-9H,1H2,2-3H3. The van der Waals surface area contributed by atoms with Crippen LogP contribution < -0.4 is 0 Å². The molecule has 2 heteroatoms. The normalized spacial score (nSPS) is 16.6. The average molecular weight is 178 g/mol. The molecule has 0 heterocycles. The molecule has 13 heavy (non-hydrogen) atoms. The van der Waals surface area contributed by atoms with Crippen LogP contribution in [0.15, 0.2) is 36.5 Å². The summed E-state index contributed by atoms with van der Waals surface area (Å²) in [5, 5.41) is 0. The van der Waals surface area contributed by atoms with Gasteiger partial charge in [-0.15, -0.1) is 6.58 Å². The molecule has 0 spiro atoms. The molecule has 1 atom stereocenters. The third-order valence-corrected chi connectivity index (χ3v) is 1.69. The summed E-state index contributed by atoms with van der Waals surface area (Å²) in [6.45, 7) is 6.99. The Morgan fingerprint density at radius 3 is 2.38 bits per heavy atom. The van der Waals surface area contributed by atoms with Crippen molar-refractivity contribution in [1.82, 2.24) is 0 Å². The second-order valence-corrected chi connectivity index (χ2v) is 3.08.